The lowest BCUT2D eigenvalue weighted by Gasteiger charge is -1.86. The van der Waals surface area contributed by atoms with Crippen LogP contribution < -0.4 is 0 Å². The topological polar surface area (TPSA) is 0 Å². The quantitative estimate of drug-likeness (QED) is 0.388. The molecule has 0 aromatic rings. The van der Waals surface area contributed by atoms with Gasteiger partial charge in [-0.2, -0.15) is 0 Å². The Morgan fingerprint density at radius 1 is 1.67 bits per heavy atom. The average molecular weight is 120 g/mol. The molecule has 9 heavy (non-hydrogen) atoms. The van der Waals surface area contributed by atoms with Crippen LogP contribution in [0.25, 0.3) is 0 Å². The van der Waals surface area contributed by atoms with Gasteiger partial charge in [-0.3, -0.25) is 0 Å². The molecule has 0 aromatic heterocycles. The molecular formula is C9H12. The van der Waals surface area contributed by atoms with Crippen molar-refractivity contribution in [1.29, 1.82) is 0 Å². The molecule has 0 N–H and O–H groups in total. The van der Waals surface area contributed by atoms with Gasteiger partial charge in [0, 0.05) is 5.57 Å². The first-order chi connectivity index (χ1) is 4.35. The van der Waals surface area contributed by atoms with Crippen LogP contribution in [0, 0.1) is 12.3 Å². The highest BCUT2D eigenvalue weighted by atomic mass is 13.8. The van der Waals surface area contributed by atoms with Gasteiger partial charge in [0.05, 0.1) is 0 Å². The zero-order valence-electron chi connectivity index (χ0n) is 6.02. The van der Waals surface area contributed by atoms with Gasteiger partial charge in [-0.15, -0.1) is 6.42 Å². The van der Waals surface area contributed by atoms with Crippen LogP contribution in [0.4, 0.5) is 0 Å². The summed E-state index contributed by atoms with van der Waals surface area (Å²) in [6, 6.07) is 0. The Morgan fingerprint density at radius 3 is 2.67 bits per heavy atom. The Morgan fingerprint density at radius 2 is 2.33 bits per heavy atom. The van der Waals surface area contributed by atoms with Crippen LogP contribution in [-0.4, -0.2) is 0 Å². The summed E-state index contributed by atoms with van der Waals surface area (Å²) < 4.78 is 0. The molecule has 0 heteroatoms. The minimum Gasteiger partial charge on any atom is -0.115 e. The Hall–Kier alpha value is -0.960. The van der Waals surface area contributed by atoms with Crippen LogP contribution in [-0.2, 0) is 0 Å². The molecule has 0 aliphatic heterocycles. The maximum atomic E-state index is 5.17. The van der Waals surface area contributed by atoms with Crippen LogP contribution in [0.1, 0.15) is 20.3 Å². The van der Waals surface area contributed by atoms with Crippen molar-refractivity contribution in [3.63, 3.8) is 0 Å². The van der Waals surface area contributed by atoms with E-state index in [4.69, 9.17) is 6.42 Å². The number of rotatable bonds is 2. The lowest BCUT2D eigenvalue weighted by atomic mass is 10.2. The highest BCUT2D eigenvalue weighted by Gasteiger charge is 1.80. The van der Waals surface area contributed by atoms with Crippen LogP contribution >= 0.6 is 0 Å². The summed E-state index contributed by atoms with van der Waals surface area (Å²) in [7, 11) is 0. The second-order valence-electron chi connectivity index (χ2n) is 1.72. The molecular weight excluding hydrogens is 108 g/mol. The van der Waals surface area contributed by atoms with E-state index in [2.05, 4.69) is 12.8 Å². The lowest BCUT2D eigenvalue weighted by Crippen LogP contribution is -1.70. The van der Waals surface area contributed by atoms with Gasteiger partial charge < -0.3 is 0 Å². The number of allylic oxidation sites excluding steroid dienone is 4. The van der Waals surface area contributed by atoms with E-state index in [9.17, 15) is 0 Å². The zero-order valence-corrected chi connectivity index (χ0v) is 6.02. The molecule has 0 atom stereocenters. The molecule has 0 heterocycles. The minimum atomic E-state index is 0.945. The van der Waals surface area contributed by atoms with Gasteiger partial charge in [0.25, 0.3) is 0 Å². The zero-order chi connectivity index (χ0) is 7.11. The first-order valence-electron chi connectivity index (χ1n) is 3.13. The Labute approximate surface area is 57.3 Å². The van der Waals surface area contributed by atoms with Crippen LogP contribution in [0.3, 0.4) is 0 Å². The molecule has 0 unspecified atom stereocenters. The van der Waals surface area contributed by atoms with Gasteiger partial charge in [0.2, 0.25) is 0 Å². The summed E-state index contributed by atoms with van der Waals surface area (Å²) in [6.45, 7) is 4.02. The van der Waals surface area contributed by atoms with Gasteiger partial charge in [0.1, 0.15) is 0 Å². The summed E-state index contributed by atoms with van der Waals surface area (Å²) in [5, 5.41) is 0. The third-order valence-electron chi connectivity index (χ3n) is 1.06. The SMILES string of the molecule is C#C/C(=C\C=C/C)CC. The standard InChI is InChI=1S/C9H12/c1-4-7-8-9(5-2)6-3/h2,4,7-8H,6H2,1,3H3/b7-4-,9-8+. The maximum absolute atomic E-state index is 5.17. The molecule has 0 bridgehead atoms. The summed E-state index contributed by atoms with van der Waals surface area (Å²) in [5.74, 6) is 2.60. The van der Waals surface area contributed by atoms with Crippen molar-refractivity contribution in [3.8, 4) is 12.3 Å². The number of terminal acetylenes is 1. The molecule has 0 saturated carbocycles. The smallest absolute Gasteiger partial charge is 0.00147 e. The molecule has 0 nitrogen and oxygen atoms in total. The molecule has 0 spiro atoms. The largest absolute Gasteiger partial charge is 0.115 e. The molecule has 0 aromatic carbocycles. The summed E-state index contributed by atoms with van der Waals surface area (Å²) in [6.07, 6.45) is 12.0. The summed E-state index contributed by atoms with van der Waals surface area (Å²) >= 11 is 0. The van der Waals surface area contributed by atoms with Crippen molar-refractivity contribution >= 4 is 0 Å². The Bertz CT molecular complexity index is 153. The third kappa shape index (κ3) is 3.61. The van der Waals surface area contributed by atoms with Crippen molar-refractivity contribution in [3.05, 3.63) is 23.8 Å². The molecule has 0 aliphatic rings. The van der Waals surface area contributed by atoms with E-state index in [0.717, 1.165) is 12.0 Å². The van der Waals surface area contributed by atoms with Crippen molar-refractivity contribution in [1.82, 2.24) is 0 Å². The molecule has 48 valence electrons. The normalized spacial score (nSPS) is 11.9. The van der Waals surface area contributed by atoms with Gasteiger partial charge in [-0.25, -0.2) is 0 Å². The predicted molar refractivity (Wildman–Crippen MR) is 42.0 cm³/mol. The van der Waals surface area contributed by atoms with E-state index in [0.29, 0.717) is 0 Å². The van der Waals surface area contributed by atoms with Crippen molar-refractivity contribution in [2.75, 3.05) is 0 Å². The monoisotopic (exact) mass is 120 g/mol. The van der Waals surface area contributed by atoms with Crippen molar-refractivity contribution in [2.45, 2.75) is 20.3 Å². The fourth-order valence-electron chi connectivity index (χ4n) is 0.480. The molecule has 0 amide bonds. The molecule has 0 radical (unpaired) electrons. The molecule has 0 saturated heterocycles. The first-order valence-corrected chi connectivity index (χ1v) is 3.13. The summed E-state index contributed by atoms with van der Waals surface area (Å²) in [5.41, 5.74) is 1.05. The average Bonchev–Trinajstić information content (AvgIpc) is 1.91. The molecule has 0 rings (SSSR count). The first kappa shape index (κ1) is 8.04. The van der Waals surface area contributed by atoms with E-state index in [1.807, 2.05) is 25.2 Å². The molecule has 0 aliphatic carbocycles. The van der Waals surface area contributed by atoms with Crippen LogP contribution in [0.2, 0.25) is 0 Å². The van der Waals surface area contributed by atoms with Gasteiger partial charge in [0.15, 0.2) is 0 Å². The third-order valence-corrected chi connectivity index (χ3v) is 1.06. The Kier molecular flexibility index (Phi) is 4.63. The Balaban J connectivity index is 3.96. The van der Waals surface area contributed by atoms with Crippen LogP contribution in [0.5, 0.6) is 0 Å². The fourth-order valence-corrected chi connectivity index (χ4v) is 0.480. The second-order valence-corrected chi connectivity index (χ2v) is 1.72. The molecule has 0 fully saturated rings. The second kappa shape index (κ2) is 5.18. The van der Waals surface area contributed by atoms with E-state index >= 15 is 0 Å². The van der Waals surface area contributed by atoms with E-state index in [1.165, 1.54) is 0 Å². The van der Waals surface area contributed by atoms with Crippen molar-refractivity contribution < 1.29 is 0 Å². The minimum absolute atomic E-state index is 0.945. The fraction of sp³-hybridized carbons (Fsp3) is 0.333. The van der Waals surface area contributed by atoms with E-state index in [1.54, 1.807) is 0 Å². The summed E-state index contributed by atoms with van der Waals surface area (Å²) in [4.78, 5) is 0. The van der Waals surface area contributed by atoms with E-state index < -0.39 is 0 Å². The van der Waals surface area contributed by atoms with E-state index in [-0.39, 0.29) is 0 Å². The van der Waals surface area contributed by atoms with Gasteiger partial charge >= 0.3 is 0 Å². The van der Waals surface area contributed by atoms with Crippen molar-refractivity contribution in [2.24, 2.45) is 0 Å². The number of hydrogen-bond donors (Lipinski definition) is 0. The highest BCUT2D eigenvalue weighted by Crippen LogP contribution is 1.96. The predicted octanol–water partition coefficient (Wildman–Crippen LogP) is 2.53. The lowest BCUT2D eigenvalue weighted by molar-refractivity contribution is 1.17. The highest BCUT2D eigenvalue weighted by molar-refractivity contribution is 5.28. The van der Waals surface area contributed by atoms with Gasteiger partial charge in [-0.05, 0) is 13.3 Å². The maximum Gasteiger partial charge on any atom is 0.00147 e. The van der Waals surface area contributed by atoms with Crippen LogP contribution in [0.15, 0.2) is 23.8 Å². The number of hydrogen-bond acceptors (Lipinski definition) is 0. The van der Waals surface area contributed by atoms with Gasteiger partial charge in [-0.1, -0.05) is 31.1 Å².